The van der Waals surface area contributed by atoms with Crippen LogP contribution in [0.3, 0.4) is 0 Å². The minimum atomic E-state index is -0.970. The van der Waals surface area contributed by atoms with Gasteiger partial charge in [0.15, 0.2) is 0 Å². The van der Waals surface area contributed by atoms with E-state index in [4.69, 9.17) is 4.74 Å². The van der Waals surface area contributed by atoms with Crippen molar-refractivity contribution >= 4 is 13.2 Å². The SMILES string of the molecule is CCCC[P+](CCCC)(CCCC)CC(C)C(=O)OC. The van der Waals surface area contributed by atoms with Crippen LogP contribution in [0.15, 0.2) is 0 Å². The van der Waals surface area contributed by atoms with Crippen molar-refractivity contribution in [2.75, 3.05) is 31.8 Å². The van der Waals surface area contributed by atoms with Crippen LogP contribution < -0.4 is 0 Å². The van der Waals surface area contributed by atoms with Gasteiger partial charge >= 0.3 is 5.97 Å². The summed E-state index contributed by atoms with van der Waals surface area (Å²) in [5.74, 6) is 0.0674. The molecule has 0 radical (unpaired) electrons. The van der Waals surface area contributed by atoms with Crippen molar-refractivity contribution in [3.63, 3.8) is 0 Å². The van der Waals surface area contributed by atoms with Crippen molar-refractivity contribution in [3.05, 3.63) is 0 Å². The first kappa shape index (κ1) is 19.9. The molecule has 0 amide bonds. The Hall–Kier alpha value is -0.100. The monoisotopic (exact) mass is 303 g/mol. The average molecular weight is 303 g/mol. The van der Waals surface area contributed by atoms with Crippen LogP contribution in [0.4, 0.5) is 0 Å². The van der Waals surface area contributed by atoms with Gasteiger partial charge in [-0.05, 0) is 26.2 Å². The highest BCUT2D eigenvalue weighted by atomic mass is 31.2. The molecule has 0 spiro atoms. The molecule has 0 saturated carbocycles. The predicted octanol–water partition coefficient (Wildman–Crippen LogP) is 5.21. The fourth-order valence-corrected chi connectivity index (χ4v) is 8.44. The molecule has 120 valence electrons. The molecule has 0 aromatic heterocycles. The third-order valence-corrected chi connectivity index (χ3v) is 9.34. The number of carbonyl (C=O) groups is 1. The third-order valence-electron chi connectivity index (χ3n) is 4.22. The molecule has 0 aliphatic carbocycles. The Kier molecular flexibility index (Phi) is 11.5. The van der Waals surface area contributed by atoms with Crippen molar-refractivity contribution in [2.45, 2.75) is 66.2 Å². The van der Waals surface area contributed by atoms with E-state index in [1.807, 2.05) is 0 Å². The number of rotatable bonds is 12. The lowest BCUT2D eigenvalue weighted by Crippen LogP contribution is -2.23. The summed E-state index contributed by atoms with van der Waals surface area (Å²) in [6.07, 6.45) is 13.0. The third kappa shape index (κ3) is 7.62. The second-order valence-corrected chi connectivity index (χ2v) is 10.6. The van der Waals surface area contributed by atoms with Crippen LogP contribution in [0.1, 0.15) is 66.2 Å². The molecule has 20 heavy (non-hydrogen) atoms. The van der Waals surface area contributed by atoms with Crippen LogP contribution in [-0.2, 0) is 9.53 Å². The molecular weight excluding hydrogens is 267 g/mol. The average Bonchev–Trinajstić information content (AvgIpc) is 2.47. The number of carbonyl (C=O) groups excluding carboxylic acids is 1. The standard InChI is InChI=1S/C17H36O2P/c1-6-9-12-20(13-10-7-2,14-11-8-3)15-16(4)17(18)19-5/h16H,6-15H2,1-5H3/q+1. The molecule has 1 atom stereocenters. The molecule has 0 saturated heterocycles. The second-order valence-electron chi connectivity index (χ2n) is 6.18. The van der Waals surface area contributed by atoms with Crippen molar-refractivity contribution < 1.29 is 9.53 Å². The van der Waals surface area contributed by atoms with Gasteiger partial charge in [0.25, 0.3) is 0 Å². The molecule has 0 bridgehead atoms. The minimum Gasteiger partial charge on any atom is -0.469 e. The van der Waals surface area contributed by atoms with Crippen LogP contribution in [0.2, 0.25) is 0 Å². The van der Waals surface area contributed by atoms with Gasteiger partial charge in [0, 0.05) is 7.26 Å². The van der Waals surface area contributed by atoms with Crippen LogP contribution in [0.25, 0.3) is 0 Å². The van der Waals surface area contributed by atoms with Crippen molar-refractivity contribution in [1.29, 1.82) is 0 Å². The van der Waals surface area contributed by atoms with Crippen LogP contribution in [0, 0.1) is 5.92 Å². The first-order valence-electron chi connectivity index (χ1n) is 8.48. The number of hydrogen-bond acceptors (Lipinski definition) is 2. The zero-order valence-corrected chi connectivity index (χ0v) is 15.3. The normalized spacial score (nSPS) is 13.2. The Morgan fingerprint density at radius 2 is 1.35 bits per heavy atom. The molecule has 0 N–H and O–H groups in total. The van der Waals surface area contributed by atoms with Crippen molar-refractivity contribution in [2.24, 2.45) is 5.92 Å². The van der Waals surface area contributed by atoms with Gasteiger partial charge in [-0.25, -0.2) is 0 Å². The molecule has 0 fully saturated rings. The molecule has 0 heterocycles. The predicted molar refractivity (Wildman–Crippen MR) is 92.3 cm³/mol. The van der Waals surface area contributed by atoms with Crippen LogP contribution >= 0.6 is 7.26 Å². The second kappa shape index (κ2) is 11.5. The van der Waals surface area contributed by atoms with E-state index in [-0.39, 0.29) is 11.9 Å². The van der Waals surface area contributed by atoms with Gasteiger partial charge < -0.3 is 4.74 Å². The van der Waals surface area contributed by atoms with Crippen molar-refractivity contribution in [3.8, 4) is 0 Å². The largest absolute Gasteiger partial charge is 0.469 e. The highest BCUT2D eigenvalue weighted by molar-refractivity contribution is 7.75. The summed E-state index contributed by atoms with van der Waals surface area (Å²) in [6, 6.07) is 0. The van der Waals surface area contributed by atoms with Gasteiger partial charge in [0.1, 0.15) is 0 Å². The molecule has 0 aliphatic rings. The molecule has 1 unspecified atom stereocenters. The zero-order valence-electron chi connectivity index (χ0n) is 14.4. The smallest absolute Gasteiger partial charge is 0.312 e. The van der Waals surface area contributed by atoms with E-state index in [0.29, 0.717) is 0 Å². The summed E-state index contributed by atoms with van der Waals surface area (Å²) in [5.41, 5.74) is 0. The maximum atomic E-state index is 11.8. The van der Waals surface area contributed by atoms with Crippen LogP contribution in [-0.4, -0.2) is 37.7 Å². The molecule has 2 nitrogen and oxygen atoms in total. The number of esters is 1. The fourth-order valence-electron chi connectivity index (χ4n) is 2.95. The number of methoxy groups -OCH3 is 1. The van der Waals surface area contributed by atoms with Gasteiger partial charge in [-0.1, -0.05) is 40.0 Å². The van der Waals surface area contributed by atoms with Gasteiger partial charge in [-0.2, -0.15) is 0 Å². The van der Waals surface area contributed by atoms with Gasteiger partial charge in [0.05, 0.1) is 37.7 Å². The summed E-state index contributed by atoms with van der Waals surface area (Å²) in [6.45, 7) is 8.89. The van der Waals surface area contributed by atoms with Crippen LogP contribution in [0.5, 0.6) is 0 Å². The highest BCUT2D eigenvalue weighted by Gasteiger charge is 2.38. The molecule has 0 rings (SSSR count). The van der Waals surface area contributed by atoms with E-state index < -0.39 is 7.26 Å². The summed E-state index contributed by atoms with van der Waals surface area (Å²) in [4.78, 5) is 11.8. The first-order valence-corrected chi connectivity index (χ1v) is 11.0. The summed E-state index contributed by atoms with van der Waals surface area (Å²) in [7, 11) is 0.547. The Balaban J connectivity index is 4.86. The highest BCUT2D eigenvalue weighted by Crippen LogP contribution is 2.61. The quantitative estimate of drug-likeness (QED) is 0.365. The van der Waals surface area contributed by atoms with E-state index in [0.717, 1.165) is 6.16 Å². The van der Waals surface area contributed by atoms with Crippen molar-refractivity contribution in [1.82, 2.24) is 0 Å². The summed E-state index contributed by atoms with van der Waals surface area (Å²) >= 11 is 0. The number of ether oxygens (including phenoxy) is 1. The number of hydrogen-bond donors (Lipinski definition) is 0. The van der Waals surface area contributed by atoms with E-state index >= 15 is 0 Å². The minimum absolute atomic E-state index is 0.0149. The Bertz CT molecular complexity index is 232. The number of unbranched alkanes of at least 4 members (excludes halogenated alkanes) is 3. The van der Waals surface area contributed by atoms with E-state index in [2.05, 4.69) is 27.7 Å². The maximum absolute atomic E-state index is 11.8. The fraction of sp³-hybridized carbons (Fsp3) is 0.941. The molecule has 0 aliphatic heterocycles. The maximum Gasteiger partial charge on any atom is 0.312 e. The first-order chi connectivity index (χ1) is 9.55. The lowest BCUT2D eigenvalue weighted by Gasteiger charge is -2.29. The molecule has 3 heteroatoms. The van der Waals surface area contributed by atoms with E-state index in [1.165, 1.54) is 64.1 Å². The van der Waals surface area contributed by atoms with E-state index in [1.54, 1.807) is 0 Å². The molecule has 0 aromatic rings. The molecular formula is C17H36O2P+. The Morgan fingerprint density at radius 1 is 0.950 bits per heavy atom. The van der Waals surface area contributed by atoms with Gasteiger partial charge in [0.2, 0.25) is 0 Å². The summed E-state index contributed by atoms with van der Waals surface area (Å²) < 4.78 is 4.95. The van der Waals surface area contributed by atoms with Gasteiger partial charge in [-0.15, -0.1) is 0 Å². The Labute approximate surface area is 127 Å². The zero-order chi connectivity index (χ0) is 15.4. The lowest BCUT2D eigenvalue weighted by atomic mass is 10.2. The summed E-state index contributed by atoms with van der Waals surface area (Å²) in [5, 5.41) is 0. The Morgan fingerprint density at radius 3 is 1.65 bits per heavy atom. The molecule has 0 aromatic carbocycles. The lowest BCUT2D eigenvalue weighted by molar-refractivity contribution is -0.144. The van der Waals surface area contributed by atoms with Gasteiger partial charge in [-0.3, -0.25) is 4.79 Å². The van der Waals surface area contributed by atoms with E-state index in [9.17, 15) is 4.79 Å². The topological polar surface area (TPSA) is 26.3 Å².